The molecule has 0 unspecified atom stereocenters. The minimum absolute atomic E-state index is 0.895. The van der Waals surface area contributed by atoms with Crippen molar-refractivity contribution in [3.63, 3.8) is 0 Å². The second kappa shape index (κ2) is 45.0. The Balaban J connectivity index is 3.04. The Hall–Kier alpha value is 0. The van der Waals surface area contributed by atoms with Gasteiger partial charge in [-0.1, -0.05) is 303 Å². The van der Waals surface area contributed by atoms with E-state index in [9.17, 15) is 0 Å². The van der Waals surface area contributed by atoms with Crippen LogP contribution in [-0.4, -0.2) is 0 Å². The third-order valence-electron chi connectivity index (χ3n) is 11.3. The molecule has 0 bridgehead atoms. The second-order valence-corrected chi connectivity index (χ2v) is 16.9. The van der Waals surface area contributed by atoms with E-state index in [1.165, 1.54) is 276 Å². The van der Waals surface area contributed by atoms with Crippen molar-refractivity contribution >= 4 is 0 Å². The highest BCUT2D eigenvalue weighted by Gasteiger charge is 1.99. The lowest BCUT2D eigenvalue weighted by atomic mass is 10.0. The molecule has 1 radical (unpaired) electrons. The van der Waals surface area contributed by atoms with Crippen molar-refractivity contribution in [2.24, 2.45) is 5.92 Å². The van der Waals surface area contributed by atoms with E-state index in [2.05, 4.69) is 20.8 Å². The Bertz CT molecular complexity index is 520. The summed E-state index contributed by atoms with van der Waals surface area (Å²) in [5, 5.41) is 0. The van der Waals surface area contributed by atoms with E-state index >= 15 is 0 Å². The van der Waals surface area contributed by atoms with Crippen LogP contribution in [0.25, 0.3) is 0 Å². The number of rotatable bonds is 44. The molecule has 48 heavy (non-hydrogen) atoms. The summed E-state index contributed by atoms with van der Waals surface area (Å²) in [5.74, 6) is 0.895. The van der Waals surface area contributed by atoms with Crippen LogP contribution in [0.2, 0.25) is 0 Å². The molecule has 0 saturated heterocycles. The van der Waals surface area contributed by atoms with Gasteiger partial charge in [0.05, 0.1) is 0 Å². The highest BCUT2D eigenvalue weighted by molar-refractivity contribution is 4.54. The van der Waals surface area contributed by atoms with Gasteiger partial charge in [-0.15, -0.1) is 0 Å². The first-order valence-corrected chi connectivity index (χ1v) is 23.6. The monoisotopic (exact) mass is 674 g/mol. The van der Waals surface area contributed by atoms with Gasteiger partial charge in [0.25, 0.3) is 0 Å². The van der Waals surface area contributed by atoms with Gasteiger partial charge in [0.2, 0.25) is 0 Å². The van der Waals surface area contributed by atoms with Crippen molar-refractivity contribution in [1.29, 1.82) is 0 Å². The van der Waals surface area contributed by atoms with Crippen molar-refractivity contribution in [3.8, 4) is 0 Å². The Morgan fingerprint density at radius 2 is 0.333 bits per heavy atom. The minimum atomic E-state index is 0.895. The van der Waals surface area contributed by atoms with Gasteiger partial charge in [-0.3, -0.25) is 0 Å². The third kappa shape index (κ3) is 46.0. The van der Waals surface area contributed by atoms with Crippen LogP contribution in [0.3, 0.4) is 0 Å². The molecule has 0 aliphatic heterocycles. The van der Waals surface area contributed by atoms with E-state index in [1.54, 1.807) is 0 Å². The van der Waals surface area contributed by atoms with E-state index in [1.807, 2.05) is 0 Å². The van der Waals surface area contributed by atoms with Crippen molar-refractivity contribution in [2.45, 2.75) is 296 Å². The van der Waals surface area contributed by atoms with Crippen LogP contribution in [0.1, 0.15) is 296 Å². The maximum atomic E-state index is 3.94. The first-order valence-electron chi connectivity index (χ1n) is 23.6. The third-order valence-corrected chi connectivity index (χ3v) is 11.3. The summed E-state index contributed by atoms with van der Waals surface area (Å²) in [6.07, 6.45) is 64.8. The molecule has 0 heterocycles. The summed E-state index contributed by atoms with van der Waals surface area (Å²) in [6, 6.07) is 0. The first-order chi connectivity index (χ1) is 23.8. The quantitative estimate of drug-likeness (QED) is 0.0565. The molecule has 0 nitrogen and oxygen atoms in total. The molecular weight excluding hydrogens is 577 g/mol. The van der Waals surface area contributed by atoms with Crippen LogP contribution < -0.4 is 0 Å². The lowest BCUT2D eigenvalue weighted by Gasteiger charge is -2.05. The van der Waals surface area contributed by atoms with Crippen LogP contribution in [0, 0.1) is 12.8 Å². The van der Waals surface area contributed by atoms with Crippen LogP contribution in [0.4, 0.5) is 0 Å². The van der Waals surface area contributed by atoms with E-state index in [0.717, 1.165) is 12.3 Å². The zero-order valence-electron chi connectivity index (χ0n) is 34.4. The van der Waals surface area contributed by atoms with Gasteiger partial charge in [0, 0.05) is 0 Å². The Kier molecular flexibility index (Phi) is 45.0. The van der Waals surface area contributed by atoms with Crippen LogP contribution in [0.15, 0.2) is 0 Å². The summed E-state index contributed by atoms with van der Waals surface area (Å²) in [5.41, 5.74) is 0. The topological polar surface area (TPSA) is 0 Å². The molecule has 0 fully saturated rings. The van der Waals surface area contributed by atoms with Gasteiger partial charge >= 0.3 is 0 Å². The maximum Gasteiger partial charge on any atom is -0.0471 e. The van der Waals surface area contributed by atoms with Crippen molar-refractivity contribution in [1.82, 2.24) is 0 Å². The second-order valence-electron chi connectivity index (χ2n) is 16.9. The molecule has 0 aromatic carbocycles. The average Bonchev–Trinajstić information content (AvgIpc) is 3.08. The van der Waals surface area contributed by atoms with E-state index in [0.29, 0.717) is 0 Å². The fraction of sp³-hybridized carbons (Fsp3) is 0.979. The molecule has 0 N–H and O–H groups in total. The molecule has 289 valence electrons. The summed E-state index contributed by atoms with van der Waals surface area (Å²) < 4.78 is 0. The molecule has 0 spiro atoms. The predicted octanol–water partition coefficient (Wildman–Crippen LogP) is 18.6. The SMILES string of the molecule is [CH2]CCCCCCCCCCCCCCCCCCCCCCCCCCCCCCCCCCCCCCCCCCCCC(C)C. The summed E-state index contributed by atoms with van der Waals surface area (Å²) >= 11 is 0. The molecule has 0 atom stereocenters. The van der Waals surface area contributed by atoms with Crippen molar-refractivity contribution < 1.29 is 0 Å². The molecule has 0 aromatic rings. The van der Waals surface area contributed by atoms with Crippen molar-refractivity contribution in [3.05, 3.63) is 6.92 Å². The standard InChI is InChI=1S/C48H97/c1-4-5-6-7-8-9-10-11-12-13-14-15-16-17-18-19-20-21-22-23-24-25-26-27-28-29-30-31-32-33-34-35-36-37-38-39-40-41-42-43-44-45-46-47-48(2)3/h48H,1,4-47H2,2-3H3. The Morgan fingerprint density at radius 1 is 0.208 bits per heavy atom. The zero-order chi connectivity index (χ0) is 34.7. The lowest BCUT2D eigenvalue weighted by molar-refractivity contribution is 0.500. The number of hydrogen-bond acceptors (Lipinski definition) is 0. The lowest BCUT2D eigenvalue weighted by Crippen LogP contribution is -1.87. The Labute approximate surface area is 308 Å². The molecule has 0 aliphatic carbocycles. The summed E-state index contributed by atoms with van der Waals surface area (Å²) in [6.45, 7) is 8.64. The van der Waals surface area contributed by atoms with E-state index in [-0.39, 0.29) is 0 Å². The number of unbranched alkanes of at least 4 members (excludes halogenated alkanes) is 42. The number of hydrogen-bond donors (Lipinski definition) is 0. The van der Waals surface area contributed by atoms with Crippen molar-refractivity contribution in [2.75, 3.05) is 0 Å². The highest BCUT2D eigenvalue weighted by atomic mass is 14.1. The largest absolute Gasteiger partial charge is 0.0628 e. The zero-order valence-corrected chi connectivity index (χ0v) is 34.4. The first kappa shape index (κ1) is 48.0. The van der Waals surface area contributed by atoms with E-state index in [4.69, 9.17) is 0 Å². The fourth-order valence-electron chi connectivity index (χ4n) is 7.80. The molecular formula is C48H97. The van der Waals surface area contributed by atoms with Gasteiger partial charge in [-0.05, 0) is 5.92 Å². The van der Waals surface area contributed by atoms with E-state index < -0.39 is 0 Å². The molecule has 0 saturated carbocycles. The van der Waals surface area contributed by atoms with Gasteiger partial charge in [-0.25, -0.2) is 0 Å². The Morgan fingerprint density at radius 3 is 0.458 bits per heavy atom. The minimum Gasteiger partial charge on any atom is -0.0628 e. The molecule has 0 aliphatic rings. The smallest absolute Gasteiger partial charge is 0.0471 e. The maximum absolute atomic E-state index is 3.94. The van der Waals surface area contributed by atoms with Crippen LogP contribution in [-0.2, 0) is 0 Å². The van der Waals surface area contributed by atoms with Gasteiger partial charge < -0.3 is 0 Å². The predicted molar refractivity (Wildman–Crippen MR) is 223 cm³/mol. The fourth-order valence-corrected chi connectivity index (χ4v) is 7.80. The van der Waals surface area contributed by atoms with Gasteiger partial charge in [0.1, 0.15) is 0 Å². The van der Waals surface area contributed by atoms with Gasteiger partial charge in [-0.2, -0.15) is 0 Å². The summed E-state index contributed by atoms with van der Waals surface area (Å²) in [4.78, 5) is 0. The van der Waals surface area contributed by atoms with Gasteiger partial charge in [0.15, 0.2) is 0 Å². The molecule has 0 heteroatoms. The van der Waals surface area contributed by atoms with Crippen LogP contribution >= 0.6 is 0 Å². The summed E-state index contributed by atoms with van der Waals surface area (Å²) in [7, 11) is 0. The molecule has 0 rings (SSSR count). The highest BCUT2D eigenvalue weighted by Crippen LogP contribution is 2.18. The average molecular weight is 674 g/mol. The molecule has 0 aromatic heterocycles. The molecule has 0 amide bonds. The normalized spacial score (nSPS) is 11.8. The van der Waals surface area contributed by atoms with Crippen LogP contribution in [0.5, 0.6) is 0 Å².